The van der Waals surface area contributed by atoms with E-state index in [-0.39, 0.29) is 0 Å². The number of anilines is 3. The third-order valence-corrected chi connectivity index (χ3v) is 4.17. The molecular formula is C16H19ClN4. The third-order valence-electron chi connectivity index (χ3n) is 3.94. The molecule has 1 aliphatic rings. The number of pyridine rings is 1. The molecule has 110 valence electrons. The maximum Gasteiger partial charge on any atom is 0.0738 e. The maximum absolute atomic E-state index is 6.10. The number of nitrogens with zero attached hydrogens (tertiary/aromatic N) is 3. The molecule has 1 aromatic heterocycles. The molecule has 0 aliphatic carbocycles. The van der Waals surface area contributed by atoms with Gasteiger partial charge in [-0.15, -0.1) is 0 Å². The van der Waals surface area contributed by atoms with Crippen molar-refractivity contribution >= 4 is 28.7 Å². The molecular weight excluding hydrogens is 284 g/mol. The molecule has 0 spiro atoms. The van der Waals surface area contributed by atoms with Crippen molar-refractivity contribution in [3.05, 3.63) is 47.7 Å². The van der Waals surface area contributed by atoms with Gasteiger partial charge in [-0.25, -0.2) is 0 Å². The van der Waals surface area contributed by atoms with E-state index >= 15 is 0 Å². The zero-order valence-corrected chi connectivity index (χ0v) is 12.8. The molecule has 1 aliphatic heterocycles. The fourth-order valence-corrected chi connectivity index (χ4v) is 3.09. The number of rotatable bonds is 2. The summed E-state index contributed by atoms with van der Waals surface area (Å²) in [5.74, 6) is 0. The van der Waals surface area contributed by atoms with Crippen LogP contribution in [0.15, 0.2) is 42.7 Å². The van der Waals surface area contributed by atoms with E-state index in [2.05, 4.69) is 27.8 Å². The summed E-state index contributed by atoms with van der Waals surface area (Å²) in [6, 6.07) is 10.4. The molecule has 2 heterocycles. The van der Waals surface area contributed by atoms with E-state index in [9.17, 15) is 0 Å². The van der Waals surface area contributed by atoms with Crippen LogP contribution in [0, 0.1) is 0 Å². The second-order valence-electron chi connectivity index (χ2n) is 5.40. The van der Waals surface area contributed by atoms with Crippen LogP contribution in [0.4, 0.5) is 17.1 Å². The minimum Gasteiger partial charge on any atom is -0.396 e. The average molecular weight is 303 g/mol. The Hall–Kier alpha value is -1.94. The van der Waals surface area contributed by atoms with Gasteiger partial charge in [-0.2, -0.15) is 0 Å². The van der Waals surface area contributed by atoms with Gasteiger partial charge in [0.1, 0.15) is 0 Å². The van der Waals surface area contributed by atoms with Gasteiger partial charge in [0.15, 0.2) is 0 Å². The van der Waals surface area contributed by atoms with Crippen LogP contribution in [0.3, 0.4) is 0 Å². The average Bonchev–Trinajstić information content (AvgIpc) is 2.47. The van der Waals surface area contributed by atoms with Gasteiger partial charge in [-0.1, -0.05) is 17.7 Å². The van der Waals surface area contributed by atoms with Gasteiger partial charge in [-0.3, -0.25) is 4.98 Å². The number of halogens is 1. The van der Waals surface area contributed by atoms with E-state index in [1.165, 1.54) is 5.69 Å². The van der Waals surface area contributed by atoms with E-state index in [0.717, 1.165) is 36.0 Å². The van der Waals surface area contributed by atoms with Crippen molar-refractivity contribution in [2.45, 2.75) is 13.0 Å². The first-order valence-electron chi connectivity index (χ1n) is 7.12. The Morgan fingerprint density at radius 3 is 2.86 bits per heavy atom. The molecule has 0 radical (unpaired) electrons. The predicted molar refractivity (Wildman–Crippen MR) is 89.1 cm³/mol. The lowest BCUT2D eigenvalue weighted by atomic mass is 10.1. The number of aromatic nitrogens is 1. The summed E-state index contributed by atoms with van der Waals surface area (Å²) in [4.78, 5) is 8.77. The topological polar surface area (TPSA) is 45.4 Å². The monoisotopic (exact) mass is 302 g/mol. The SMILES string of the molecule is CC1CN(c2ccncc2N)CCN1c1cccc(Cl)c1. The fraction of sp³-hybridized carbons (Fsp3) is 0.312. The molecule has 21 heavy (non-hydrogen) atoms. The molecule has 1 aromatic carbocycles. The molecule has 5 heteroatoms. The summed E-state index contributed by atoms with van der Waals surface area (Å²) in [6.45, 7) is 5.04. The van der Waals surface area contributed by atoms with Crippen LogP contribution in [0.2, 0.25) is 5.02 Å². The van der Waals surface area contributed by atoms with Crippen molar-refractivity contribution in [3.63, 3.8) is 0 Å². The van der Waals surface area contributed by atoms with Gasteiger partial charge in [-0.05, 0) is 31.2 Å². The number of hydrogen-bond acceptors (Lipinski definition) is 4. The summed E-state index contributed by atoms with van der Waals surface area (Å²) in [7, 11) is 0. The summed E-state index contributed by atoms with van der Waals surface area (Å²) in [5, 5.41) is 0.778. The van der Waals surface area contributed by atoms with E-state index in [1.807, 2.05) is 24.3 Å². The zero-order valence-electron chi connectivity index (χ0n) is 12.0. The molecule has 0 bridgehead atoms. The second-order valence-corrected chi connectivity index (χ2v) is 5.84. The van der Waals surface area contributed by atoms with Gasteiger partial charge < -0.3 is 15.5 Å². The molecule has 0 saturated carbocycles. The highest BCUT2D eigenvalue weighted by molar-refractivity contribution is 6.30. The Kier molecular flexibility index (Phi) is 3.88. The first kappa shape index (κ1) is 14.0. The molecule has 0 amide bonds. The first-order chi connectivity index (χ1) is 10.1. The number of benzene rings is 1. The number of hydrogen-bond donors (Lipinski definition) is 1. The lowest BCUT2D eigenvalue weighted by Gasteiger charge is -2.42. The van der Waals surface area contributed by atoms with Gasteiger partial charge in [0, 0.05) is 42.6 Å². The molecule has 4 nitrogen and oxygen atoms in total. The molecule has 1 saturated heterocycles. The predicted octanol–water partition coefficient (Wildman–Crippen LogP) is 3.03. The summed E-state index contributed by atoms with van der Waals surface area (Å²) in [5.41, 5.74) is 9.01. The van der Waals surface area contributed by atoms with E-state index in [4.69, 9.17) is 17.3 Å². The van der Waals surface area contributed by atoms with Crippen molar-refractivity contribution < 1.29 is 0 Å². The lowest BCUT2D eigenvalue weighted by Crippen LogP contribution is -2.52. The maximum atomic E-state index is 6.10. The standard InChI is InChI=1S/C16H19ClN4/c1-12-11-20(16-5-6-19-10-15(16)18)7-8-21(12)14-4-2-3-13(17)9-14/h2-6,9-10,12H,7-8,11,18H2,1H3. The molecule has 1 fully saturated rings. The Bertz CT molecular complexity index is 631. The molecule has 2 N–H and O–H groups in total. The molecule has 2 aromatic rings. The summed E-state index contributed by atoms with van der Waals surface area (Å²) >= 11 is 6.10. The zero-order chi connectivity index (χ0) is 14.8. The largest absolute Gasteiger partial charge is 0.396 e. The van der Waals surface area contributed by atoms with E-state index in [0.29, 0.717) is 6.04 Å². The van der Waals surface area contributed by atoms with Gasteiger partial charge in [0.05, 0.1) is 17.6 Å². The minimum absolute atomic E-state index is 0.393. The van der Waals surface area contributed by atoms with E-state index < -0.39 is 0 Å². The molecule has 3 rings (SSSR count). The Morgan fingerprint density at radius 2 is 2.14 bits per heavy atom. The number of nitrogens with two attached hydrogens (primary N) is 1. The normalized spacial score (nSPS) is 18.9. The van der Waals surface area contributed by atoms with Crippen LogP contribution in [-0.2, 0) is 0 Å². The quantitative estimate of drug-likeness (QED) is 0.926. The van der Waals surface area contributed by atoms with Crippen LogP contribution >= 0.6 is 11.6 Å². The van der Waals surface area contributed by atoms with Crippen molar-refractivity contribution in [2.75, 3.05) is 35.2 Å². The fourth-order valence-electron chi connectivity index (χ4n) is 2.90. The number of piperazine rings is 1. The van der Waals surface area contributed by atoms with Crippen LogP contribution < -0.4 is 15.5 Å². The van der Waals surface area contributed by atoms with Crippen molar-refractivity contribution in [2.24, 2.45) is 0 Å². The summed E-state index contributed by atoms with van der Waals surface area (Å²) < 4.78 is 0. The highest BCUT2D eigenvalue weighted by Crippen LogP contribution is 2.28. The van der Waals surface area contributed by atoms with Crippen molar-refractivity contribution in [3.8, 4) is 0 Å². The van der Waals surface area contributed by atoms with Crippen LogP contribution in [-0.4, -0.2) is 30.7 Å². The highest BCUT2D eigenvalue weighted by atomic mass is 35.5. The number of nitrogen functional groups attached to an aromatic ring is 1. The van der Waals surface area contributed by atoms with Gasteiger partial charge in [0.25, 0.3) is 0 Å². The van der Waals surface area contributed by atoms with E-state index in [1.54, 1.807) is 12.4 Å². The Balaban J connectivity index is 1.77. The molecule has 1 unspecified atom stereocenters. The van der Waals surface area contributed by atoms with Crippen LogP contribution in [0.1, 0.15) is 6.92 Å². The van der Waals surface area contributed by atoms with Crippen LogP contribution in [0.5, 0.6) is 0 Å². The smallest absolute Gasteiger partial charge is 0.0738 e. The lowest BCUT2D eigenvalue weighted by molar-refractivity contribution is 0.551. The Morgan fingerprint density at radius 1 is 1.29 bits per heavy atom. The first-order valence-corrected chi connectivity index (χ1v) is 7.49. The van der Waals surface area contributed by atoms with Crippen molar-refractivity contribution in [1.82, 2.24) is 4.98 Å². The molecule has 1 atom stereocenters. The minimum atomic E-state index is 0.393. The third kappa shape index (κ3) is 2.90. The summed E-state index contributed by atoms with van der Waals surface area (Å²) in [6.07, 6.45) is 3.50. The van der Waals surface area contributed by atoms with Gasteiger partial charge >= 0.3 is 0 Å². The van der Waals surface area contributed by atoms with Gasteiger partial charge in [0.2, 0.25) is 0 Å². The van der Waals surface area contributed by atoms with Crippen molar-refractivity contribution in [1.29, 1.82) is 0 Å². The highest BCUT2D eigenvalue weighted by Gasteiger charge is 2.25. The Labute approximate surface area is 130 Å². The second kappa shape index (κ2) is 5.82. The van der Waals surface area contributed by atoms with Crippen LogP contribution in [0.25, 0.3) is 0 Å².